The fourth-order valence-corrected chi connectivity index (χ4v) is 3.89. The van der Waals surface area contributed by atoms with Gasteiger partial charge in [-0.2, -0.15) is 0 Å². The molecule has 2 heterocycles. The molecule has 3 aromatic rings. The molecule has 1 N–H and O–H groups in total. The van der Waals surface area contributed by atoms with Gasteiger partial charge < -0.3 is 5.11 Å². The summed E-state index contributed by atoms with van der Waals surface area (Å²) in [4.78, 5) is 5.75. The Morgan fingerprint density at radius 2 is 2.00 bits per heavy atom. The number of nitrogens with zero attached hydrogens (tertiary/aromatic N) is 1. The highest BCUT2D eigenvalue weighted by Crippen LogP contribution is 2.34. The fourth-order valence-electron chi connectivity index (χ4n) is 1.61. The van der Waals surface area contributed by atoms with Crippen LogP contribution in [-0.4, -0.2) is 10.1 Å². The maximum Gasteiger partial charge on any atom is 0.124 e. The zero-order valence-corrected chi connectivity index (χ0v) is 12.3. The van der Waals surface area contributed by atoms with Gasteiger partial charge in [-0.25, -0.2) is 4.98 Å². The lowest BCUT2D eigenvalue weighted by molar-refractivity contribution is 0.475. The minimum atomic E-state index is 0.267. The second-order valence-corrected chi connectivity index (χ2v) is 6.40. The van der Waals surface area contributed by atoms with E-state index in [4.69, 9.17) is 0 Å². The van der Waals surface area contributed by atoms with E-state index < -0.39 is 0 Å². The van der Waals surface area contributed by atoms with E-state index in [1.807, 2.05) is 22.9 Å². The molecule has 0 aliphatic rings. The summed E-state index contributed by atoms with van der Waals surface area (Å²) in [6.45, 7) is 0. The van der Waals surface area contributed by atoms with Crippen LogP contribution in [-0.2, 0) is 0 Å². The number of phenols is 1. The van der Waals surface area contributed by atoms with Gasteiger partial charge >= 0.3 is 0 Å². The summed E-state index contributed by atoms with van der Waals surface area (Å²) in [5, 5.41) is 14.5. The molecule has 0 bridgehead atoms. The Kier molecular flexibility index (Phi) is 3.20. The van der Waals surface area contributed by atoms with E-state index >= 15 is 0 Å². The van der Waals surface area contributed by atoms with E-state index in [9.17, 15) is 5.11 Å². The summed E-state index contributed by atoms with van der Waals surface area (Å²) < 4.78 is 1.08. The number of hydrogen-bond donors (Lipinski definition) is 1. The zero-order chi connectivity index (χ0) is 12.5. The molecule has 18 heavy (non-hydrogen) atoms. The highest BCUT2D eigenvalue weighted by atomic mass is 79.9. The molecule has 0 fully saturated rings. The first-order valence-corrected chi connectivity index (χ1v) is 7.77. The molecule has 90 valence electrons. The molecule has 0 saturated carbocycles. The average molecular weight is 338 g/mol. The van der Waals surface area contributed by atoms with E-state index in [0.717, 1.165) is 25.6 Å². The third-order valence-electron chi connectivity index (χ3n) is 2.42. The second-order valence-electron chi connectivity index (χ2n) is 3.72. The molecule has 2 aromatic heterocycles. The monoisotopic (exact) mass is 337 g/mol. The van der Waals surface area contributed by atoms with Gasteiger partial charge in [0.25, 0.3) is 0 Å². The number of thiazole rings is 1. The number of aromatic nitrogens is 1. The van der Waals surface area contributed by atoms with Crippen molar-refractivity contribution in [3.05, 3.63) is 45.6 Å². The van der Waals surface area contributed by atoms with E-state index in [1.54, 1.807) is 34.8 Å². The molecule has 0 amide bonds. The van der Waals surface area contributed by atoms with Crippen LogP contribution in [0.25, 0.3) is 21.1 Å². The summed E-state index contributed by atoms with van der Waals surface area (Å²) in [6.07, 6.45) is 0. The van der Waals surface area contributed by atoms with Gasteiger partial charge in [-0.1, -0.05) is 12.1 Å². The topological polar surface area (TPSA) is 33.1 Å². The number of hydrogen-bond acceptors (Lipinski definition) is 4. The lowest BCUT2D eigenvalue weighted by Gasteiger charge is -1.96. The molecule has 0 aliphatic carbocycles. The average Bonchev–Trinajstić information content (AvgIpc) is 2.97. The van der Waals surface area contributed by atoms with Crippen LogP contribution in [0.5, 0.6) is 5.75 Å². The minimum Gasteiger partial charge on any atom is -0.508 e. The van der Waals surface area contributed by atoms with Gasteiger partial charge in [0, 0.05) is 20.8 Å². The molecule has 5 heteroatoms. The molecule has 0 radical (unpaired) electrons. The standard InChI is InChI=1S/C13H8BrNOS2/c14-9-5-12(17-6-9)11-7-18-13(15-11)8-2-1-3-10(16)4-8/h1-7,16H. The lowest BCUT2D eigenvalue weighted by atomic mass is 10.2. The Morgan fingerprint density at radius 3 is 2.72 bits per heavy atom. The van der Waals surface area contributed by atoms with E-state index in [0.29, 0.717) is 0 Å². The second kappa shape index (κ2) is 4.84. The maximum absolute atomic E-state index is 9.47. The molecule has 0 unspecified atom stereocenters. The summed E-state index contributed by atoms with van der Waals surface area (Å²) in [6, 6.07) is 9.23. The van der Waals surface area contributed by atoms with Gasteiger partial charge in [-0.3, -0.25) is 0 Å². The van der Waals surface area contributed by atoms with Gasteiger partial charge in [0.1, 0.15) is 10.8 Å². The van der Waals surface area contributed by atoms with Crippen LogP contribution in [0.4, 0.5) is 0 Å². The van der Waals surface area contributed by atoms with E-state index in [1.165, 1.54) is 0 Å². The van der Waals surface area contributed by atoms with Crippen molar-refractivity contribution in [1.82, 2.24) is 4.98 Å². The Hall–Kier alpha value is -1.17. The van der Waals surface area contributed by atoms with Gasteiger partial charge in [-0.15, -0.1) is 22.7 Å². The predicted octanol–water partition coefficient (Wildman–Crippen LogP) is 5.01. The van der Waals surface area contributed by atoms with Crippen molar-refractivity contribution in [2.24, 2.45) is 0 Å². The normalized spacial score (nSPS) is 10.7. The molecule has 0 aliphatic heterocycles. The quantitative estimate of drug-likeness (QED) is 0.713. The highest BCUT2D eigenvalue weighted by Gasteiger charge is 2.08. The number of benzene rings is 1. The Labute approximate surface area is 121 Å². The van der Waals surface area contributed by atoms with Gasteiger partial charge in [0.2, 0.25) is 0 Å². The summed E-state index contributed by atoms with van der Waals surface area (Å²) >= 11 is 6.69. The van der Waals surface area contributed by atoms with Crippen molar-refractivity contribution in [2.45, 2.75) is 0 Å². The largest absolute Gasteiger partial charge is 0.508 e. The van der Waals surface area contributed by atoms with Crippen molar-refractivity contribution < 1.29 is 5.11 Å². The number of phenolic OH excluding ortho intramolecular Hbond substituents is 1. The van der Waals surface area contributed by atoms with Crippen molar-refractivity contribution in [2.75, 3.05) is 0 Å². The number of aromatic hydroxyl groups is 1. The van der Waals surface area contributed by atoms with E-state index in [-0.39, 0.29) is 5.75 Å². The molecule has 2 nitrogen and oxygen atoms in total. The Morgan fingerprint density at radius 1 is 1.11 bits per heavy atom. The van der Waals surface area contributed by atoms with Crippen molar-refractivity contribution >= 4 is 38.6 Å². The van der Waals surface area contributed by atoms with Crippen molar-refractivity contribution in [1.29, 1.82) is 0 Å². The molecule has 0 saturated heterocycles. The van der Waals surface area contributed by atoms with Crippen LogP contribution in [0.1, 0.15) is 0 Å². The maximum atomic E-state index is 9.47. The van der Waals surface area contributed by atoms with Gasteiger partial charge in [0.15, 0.2) is 0 Å². The number of halogens is 1. The number of thiophene rings is 1. The van der Waals surface area contributed by atoms with Crippen LogP contribution in [0.2, 0.25) is 0 Å². The molecule has 0 atom stereocenters. The van der Waals surface area contributed by atoms with Crippen molar-refractivity contribution in [3.8, 4) is 26.9 Å². The molecular formula is C13H8BrNOS2. The first-order valence-electron chi connectivity index (χ1n) is 5.22. The highest BCUT2D eigenvalue weighted by molar-refractivity contribution is 9.10. The minimum absolute atomic E-state index is 0.267. The molecule has 0 spiro atoms. The SMILES string of the molecule is Oc1cccc(-c2nc(-c3cc(Br)cs3)cs2)c1. The predicted molar refractivity (Wildman–Crippen MR) is 80.2 cm³/mol. The zero-order valence-electron chi connectivity index (χ0n) is 9.13. The van der Waals surface area contributed by atoms with Crippen LogP contribution in [0, 0.1) is 0 Å². The third kappa shape index (κ3) is 2.34. The van der Waals surface area contributed by atoms with Gasteiger partial charge in [-0.05, 0) is 34.1 Å². The molecular weight excluding hydrogens is 330 g/mol. The van der Waals surface area contributed by atoms with Gasteiger partial charge in [0.05, 0.1) is 10.6 Å². The Bertz CT molecular complexity index is 690. The first-order chi connectivity index (χ1) is 8.72. The van der Waals surface area contributed by atoms with E-state index in [2.05, 4.69) is 27.0 Å². The van der Waals surface area contributed by atoms with Crippen LogP contribution < -0.4 is 0 Å². The fraction of sp³-hybridized carbons (Fsp3) is 0. The lowest BCUT2D eigenvalue weighted by Crippen LogP contribution is -1.76. The van der Waals surface area contributed by atoms with Crippen LogP contribution in [0.15, 0.2) is 45.6 Å². The summed E-state index contributed by atoms with van der Waals surface area (Å²) in [5.74, 6) is 0.267. The van der Waals surface area contributed by atoms with Crippen LogP contribution >= 0.6 is 38.6 Å². The van der Waals surface area contributed by atoms with Crippen LogP contribution in [0.3, 0.4) is 0 Å². The smallest absolute Gasteiger partial charge is 0.124 e. The summed E-state index contributed by atoms with van der Waals surface area (Å²) in [7, 11) is 0. The Balaban J connectivity index is 1.99. The number of rotatable bonds is 2. The first kappa shape index (κ1) is 11.9. The molecule has 3 rings (SSSR count). The molecule has 1 aromatic carbocycles. The third-order valence-corrected chi connectivity index (χ3v) is 5.02. The van der Waals surface area contributed by atoms with Crippen molar-refractivity contribution in [3.63, 3.8) is 0 Å². The summed E-state index contributed by atoms with van der Waals surface area (Å²) in [5.41, 5.74) is 1.93.